The highest BCUT2D eigenvalue weighted by molar-refractivity contribution is 6.00. The van der Waals surface area contributed by atoms with Crippen LogP contribution in [-0.2, 0) is 14.3 Å². The number of esters is 1. The Morgan fingerprint density at radius 2 is 1.86 bits per heavy atom. The van der Waals surface area contributed by atoms with Gasteiger partial charge in [-0.1, -0.05) is 18.2 Å². The summed E-state index contributed by atoms with van der Waals surface area (Å²) in [6.07, 6.45) is 6.15. The molecule has 10 nitrogen and oxygen atoms in total. The lowest BCUT2D eigenvalue weighted by molar-refractivity contribution is -0.710. The van der Waals surface area contributed by atoms with Crippen LogP contribution in [0, 0.1) is 10.1 Å². The number of cyclic esters (lactones) is 1. The largest absolute Gasteiger partial charge is 0.480 e. The molecule has 1 aromatic carbocycles. The van der Waals surface area contributed by atoms with Gasteiger partial charge in [0.15, 0.2) is 12.4 Å². The summed E-state index contributed by atoms with van der Waals surface area (Å²) in [6.45, 7) is 2.90. The maximum atomic E-state index is 13.9. The molecule has 35 heavy (non-hydrogen) atoms. The molecule has 4 rings (SSSR count). The average Bonchev–Trinajstić information content (AvgIpc) is 2.83. The number of aromatic nitrogens is 2. The van der Waals surface area contributed by atoms with Crippen LogP contribution in [0.5, 0.6) is 0 Å². The first-order chi connectivity index (χ1) is 16.7. The van der Waals surface area contributed by atoms with E-state index in [1.807, 2.05) is 0 Å². The van der Waals surface area contributed by atoms with Crippen molar-refractivity contribution in [3.8, 4) is 0 Å². The van der Waals surface area contributed by atoms with Crippen molar-refractivity contribution in [2.24, 2.45) is 0 Å². The van der Waals surface area contributed by atoms with Gasteiger partial charge in [-0.05, 0) is 17.7 Å². The number of aliphatic hydroxyl groups is 1. The molecular formula is C25H22N3O7+. The Balaban J connectivity index is 1.99. The Kier molecular flexibility index (Phi) is 6.28. The van der Waals surface area contributed by atoms with Crippen molar-refractivity contribution in [1.29, 1.82) is 0 Å². The third kappa shape index (κ3) is 4.86. The van der Waals surface area contributed by atoms with Crippen LogP contribution >= 0.6 is 0 Å². The van der Waals surface area contributed by atoms with Gasteiger partial charge < -0.3 is 14.6 Å². The molecule has 178 valence electrons. The molecule has 1 aliphatic rings. The Bertz CT molecular complexity index is 1310. The number of nitro groups is 1. The molecule has 10 heteroatoms. The summed E-state index contributed by atoms with van der Waals surface area (Å²) in [5.41, 5.74) is -0.0959. The molecule has 2 atom stereocenters. The molecular weight excluding hydrogens is 454 g/mol. The number of ketones is 1. The van der Waals surface area contributed by atoms with Crippen molar-refractivity contribution in [1.82, 2.24) is 4.98 Å². The zero-order valence-electron chi connectivity index (χ0n) is 18.9. The average molecular weight is 476 g/mol. The SMILES string of the molecule is CC1(C)OC(=O)C(C(c2cccc([N+](=O)[O-])c2)C(C(=O)c2cccnc2)[n+]2ccccc2)=C(O)O1. The van der Waals surface area contributed by atoms with Crippen LogP contribution in [0.15, 0.2) is 90.9 Å². The lowest BCUT2D eigenvalue weighted by atomic mass is 9.80. The molecule has 0 radical (unpaired) electrons. The van der Waals surface area contributed by atoms with Gasteiger partial charge in [0.2, 0.25) is 11.8 Å². The number of carbonyl (C=O) groups is 2. The normalized spacial score (nSPS) is 16.6. The summed E-state index contributed by atoms with van der Waals surface area (Å²) in [4.78, 5) is 42.0. The smallest absolute Gasteiger partial charge is 0.345 e. The Morgan fingerprint density at radius 1 is 1.11 bits per heavy atom. The van der Waals surface area contributed by atoms with Gasteiger partial charge in [0.05, 0.1) is 10.8 Å². The zero-order chi connectivity index (χ0) is 25.2. The van der Waals surface area contributed by atoms with Crippen molar-refractivity contribution < 1.29 is 33.7 Å². The van der Waals surface area contributed by atoms with Crippen LogP contribution in [0.4, 0.5) is 5.69 Å². The van der Waals surface area contributed by atoms with Crippen molar-refractivity contribution in [3.63, 3.8) is 0 Å². The summed E-state index contributed by atoms with van der Waals surface area (Å²) >= 11 is 0. The Hall–Kier alpha value is -4.60. The number of Topliss-reactive ketones (excluding diaryl/α,β-unsaturated/α-hetero) is 1. The first-order valence-electron chi connectivity index (χ1n) is 10.7. The van der Waals surface area contributed by atoms with Crippen molar-refractivity contribution in [3.05, 3.63) is 112 Å². The molecule has 0 spiro atoms. The lowest BCUT2D eigenvalue weighted by Crippen LogP contribution is -2.49. The number of aliphatic hydroxyl groups excluding tert-OH is 1. The van der Waals surface area contributed by atoms with E-state index in [1.54, 1.807) is 47.3 Å². The first kappa shape index (κ1) is 23.6. The van der Waals surface area contributed by atoms with Gasteiger partial charge in [0.25, 0.3) is 17.4 Å². The van der Waals surface area contributed by atoms with Crippen molar-refractivity contribution in [2.45, 2.75) is 31.6 Å². The minimum atomic E-state index is -1.44. The molecule has 3 heterocycles. The fourth-order valence-electron chi connectivity index (χ4n) is 4.01. The summed E-state index contributed by atoms with van der Waals surface area (Å²) in [5, 5.41) is 22.3. The quantitative estimate of drug-likeness (QED) is 0.180. The number of hydrogen-bond acceptors (Lipinski definition) is 8. The van der Waals surface area contributed by atoms with E-state index in [9.17, 15) is 24.8 Å². The number of ether oxygens (including phenoxy) is 2. The van der Waals surface area contributed by atoms with E-state index in [0.29, 0.717) is 0 Å². The Morgan fingerprint density at radius 3 is 2.49 bits per heavy atom. The van der Waals surface area contributed by atoms with Gasteiger partial charge in [-0.15, -0.1) is 0 Å². The van der Waals surface area contributed by atoms with E-state index >= 15 is 0 Å². The van der Waals surface area contributed by atoms with Crippen LogP contribution in [0.2, 0.25) is 0 Å². The summed E-state index contributed by atoms with van der Waals surface area (Å²) < 4.78 is 12.4. The maximum Gasteiger partial charge on any atom is 0.345 e. The van der Waals surface area contributed by atoms with E-state index in [1.165, 1.54) is 50.5 Å². The lowest BCUT2D eigenvalue weighted by Gasteiger charge is -2.33. The number of benzene rings is 1. The molecule has 0 aliphatic carbocycles. The van der Waals surface area contributed by atoms with Gasteiger partial charge in [0.1, 0.15) is 5.57 Å². The number of nitrogens with zero attached hydrogens (tertiary/aromatic N) is 3. The second kappa shape index (κ2) is 9.34. The van der Waals surface area contributed by atoms with Crippen LogP contribution in [-0.4, -0.2) is 32.6 Å². The molecule has 0 bridgehead atoms. The van der Waals surface area contributed by atoms with Crippen LogP contribution in [0.3, 0.4) is 0 Å². The third-order valence-corrected chi connectivity index (χ3v) is 5.47. The van der Waals surface area contributed by atoms with Crippen LogP contribution in [0.25, 0.3) is 0 Å². The summed E-state index contributed by atoms with van der Waals surface area (Å²) in [6, 6.07) is 12.7. The second-order valence-corrected chi connectivity index (χ2v) is 8.31. The van der Waals surface area contributed by atoms with Crippen molar-refractivity contribution >= 4 is 17.4 Å². The minimum Gasteiger partial charge on any atom is -0.480 e. The predicted octanol–water partition coefficient (Wildman–Crippen LogP) is 3.56. The highest BCUT2D eigenvalue weighted by Crippen LogP contribution is 2.41. The third-order valence-electron chi connectivity index (χ3n) is 5.47. The van der Waals surface area contributed by atoms with Gasteiger partial charge in [0, 0.05) is 56.1 Å². The fraction of sp³-hybridized carbons (Fsp3) is 0.200. The first-order valence-corrected chi connectivity index (χ1v) is 10.7. The topological polar surface area (TPSA) is 133 Å². The monoisotopic (exact) mass is 476 g/mol. The maximum absolute atomic E-state index is 13.9. The standard InChI is InChI=1S/C25H21N3O7/c1-25(2)34-23(30)20(24(31)35-25)19(16-8-6-10-18(14-16)28(32)33)21(27-12-4-3-5-13-27)22(29)17-9-7-11-26-15-17/h3-15,19,21H,1-2H3/p+1. The fourth-order valence-corrected chi connectivity index (χ4v) is 4.01. The number of pyridine rings is 2. The van der Waals surface area contributed by atoms with Crippen molar-refractivity contribution in [2.75, 3.05) is 0 Å². The van der Waals surface area contributed by atoms with E-state index < -0.39 is 40.4 Å². The molecule has 0 amide bonds. The van der Waals surface area contributed by atoms with Gasteiger partial charge in [-0.25, -0.2) is 4.79 Å². The van der Waals surface area contributed by atoms with E-state index in [-0.39, 0.29) is 22.4 Å². The number of hydrogen-bond donors (Lipinski definition) is 1. The molecule has 1 aliphatic heterocycles. The second-order valence-electron chi connectivity index (χ2n) is 8.31. The van der Waals surface area contributed by atoms with Gasteiger partial charge in [-0.2, -0.15) is 4.57 Å². The highest BCUT2D eigenvalue weighted by Gasteiger charge is 2.49. The molecule has 2 aromatic heterocycles. The van der Waals surface area contributed by atoms with E-state index in [2.05, 4.69) is 4.98 Å². The summed E-state index contributed by atoms with van der Waals surface area (Å²) in [5.74, 6) is -4.72. The van der Waals surface area contributed by atoms with E-state index in [0.717, 1.165) is 0 Å². The predicted molar refractivity (Wildman–Crippen MR) is 121 cm³/mol. The number of nitro benzene ring substituents is 1. The highest BCUT2D eigenvalue weighted by atomic mass is 16.8. The Labute approximate surface area is 200 Å². The van der Waals surface area contributed by atoms with E-state index in [4.69, 9.17) is 9.47 Å². The minimum absolute atomic E-state index is 0.236. The molecule has 2 unspecified atom stereocenters. The zero-order valence-corrected chi connectivity index (χ0v) is 18.9. The number of carbonyl (C=O) groups excluding carboxylic acids is 2. The molecule has 3 aromatic rings. The number of non-ortho nitro benzene ring substituents is 1. The number of rotatable bonds is 7. The van der Waals surface area contributed by atoms with Gasteiger partial charge in [-0.3, -0.25) is 19.9 Å². The summed E-state index contributed by atoms with van der Waals surface area (Å²) in [7, 11) is 0. The van der Waals surface area contributed by atoms with Crippen LogP contribution in [0.1, 0.15) is 41.7 Å². The van der Waals surface area contributed by atoms with Crippen LogP contribution < -0.4 is 4.57 Å². The molecule has 0 fully saturated rings. The molecule has 0 saturated carbocycles. The molecule has 1 N–H and O–H groups in total. The molecule has 0 saturated heterocycles. The van der Waals surface area contributed by atoms with Gasteiger partial charge >= 0.3 is 5.97 Å².